The van der Waals surface area contributed by atoms with Gasteiger partial charge in [-0.2, -0.15) is 0 Å². The number of nitrogens with zero attached hydrogens (tertiary/aromatic N) is 1. The summed E-state index contributed by atoms with van der Waals surface area (Å²) in [6.45, 7) is 25.7. The first-order chi connectivity index (χ1) is 19.5. The number of carbonyl (C=O) groups is 1. The van der Waals surface area contributed by atoms with E-state index < -0.39 is 44.0 Å². The van der Waals surface area contributed by atoms with Gasteiger partial charge in [-0.05, 0) is 57.7 Å². The Balaban J connectivity index is 2.87. The van der Waals surface area contributed by atoms with Crippen molar-refractivity contribution in [3.63, 3.8) is 0 Å². The van der Waals surface area contributed by atoms with E-state index >= 15 is 0 Å². The third-order valence-corrected chi connectivity index (χ3v) is 15.3. The SMILES string of the molecule is CCCCCCCCCCCCCC[C@@H](O)[C@H]1OC(C)(C)N(C(=O)OC(C)(C)C)[C@H]1CO[Si](C(C)C)(C(C)C)C(C)C. The van der Waals surface area contributed by atoms with E-state index in [1.165, 1.54) is 64.2 Å². The molecule has 0 bridgehead atoms. The highest BCUT2D eigenvalue weighted by atomic mass is 28.4. The van der Waals surface area contributed by atoms with Crippen molar-refractivity contribution in [2.75, 3.05) is 6.61 Å². The first kappa shape index (κ1) is 39.4. The summed E-state index contributed by atoms with van der Waals surface area (Å²) in [6.07, 6.45) is 14.5. The van der Waals surface area contributed by atoms with Crippen LogP contribution in [0.4, 0.5) is 4.79 Å². The number of hydrogen-bond acceptors (Lipinski definition) is 5. The fourth-order valence-corrected chi connectivity index (χ4v) is 12.7. The van der Waals surface area contributed by atoms with E-state index in [1.807, 2.05) is 34.6 Å². The van der Waals surface area contributed by atoms with Gasteiger partial charge in [0.05, 0.1) is 18.8 Å². The van der Waals surface area contributed by atoms with Crippen LogP contribution in [0.5, 0.6) is 0 Å². The van der Waals surface area contributed by atoms with Gasteiger partial charge in [0.1, 0.15) is 17.4 Å². The number of hydrogen-bond donors (Lipinski definition) is 1. The van der Waals surface area contributed by atoms with Crippen molar-refractivity contribution in [2.24, 2.45) is 0 Å². The standard InChI is InChI=1S/C35H71NO5Si/c1-13-14-15-16-17-18-19-20-21-22-23-24-25-31(37)32-30(26-39-42(27(2)3,28(4)5)29(6)7)36(35(11,12)40-32)33(38)41-34(8,9)10/h27-32,37H,13-26H2,1-12H3/t30-,31+,32-/m0/s1. The second-order valence-electron chi connectivity index (χ2n) is 15.3. The molecule has 1 N–H and O–H groups in total. The van der Waals surface area contributed by atoms with Crippen molar-refractivity contribution in [1.82, 2.24) is 4.90 Å². The van der Waals surface area contributed by atoms with Gasteiger partial charge in [-0.25, -0.2) is 4.79 Å². The van der Waals surface area contributed by atoms with Gasteiger partial charge in [0, 0.05) is 0 Å². The molecule has 0 aromatic heterocycles. The summed E-state index contributed by atoms with van der Waals surface area (Å²) in [7, 11) is -2.19. The Morgan fingerprint density at radius 1 is 0.833 bits per heavy atom. The second kappa shape index (κ2) is 18.4. The summed E-state index contributed by atoms with van der Waals surface area (Å²) in [5.74, 6) is 0. The highest BCUT2D eigenvalue weighted by Crippen LogP contribution is 2.44. The largest absolute Gasteiger partial charge is 0.444 e. The number of rotatable bonds is 20. The summed E-state index contributed by atoms with van der Waals surface area (Å²) in [5, 5.41) is 11.5. The predicted molar refractivity (Wildman–Crippen MR) is 180 cm³/mol. The zero-order valence-electron chi connectivity index (χ0n) is 29.9. The lowest BCUT2D eigenvalue weighted by molar-refractivity contribution is -0.104. The van der Waals surface area contributed by atoms with E-state index in [0.29, 0.717) is 29.7 Å². The van der Waals surface area contributed by atoms with Crippen molar-refractivity contribution in [1.29, 1.82) is 0 Å². The van der Waals surface area contributed by atoms with Crippen LogP contribution in [0.15, 0.2) is 0 Å². The average Bonchev–Trinajstić information content (AvgIpc) is 3.13. The van der Waals surface area contributed by atoms with Crippen molar-refractivity contribution in [2.45, 2.75) is 213 Å². The van der Waals surface area contributed by atoms with Crippen LogP contribution in [0.2, 0.25) is 16.6 Å². The smallest absolute Gasteiger partial charge is 0.412 e. The average molecular weight is 614 g/mol. The zero-order chi connectivity index (χ0) is 32.1. The molecule has 1 saturated heterocycles. The Hall–Kier alpha value is -0.633. The van der Waals surface area contributed by atoms with Gasteiger partial charge in [-0.3, -0.25) is 4.90 Å². The molecule has 42 heavy (non-hydrogen) atoms. The molecule has 7 heteroatoms. The molecule has 6 nitrogen and oxygen atoms in total. The molecule has 1 rings (SSSR count). The summed E-state index contributed by atoms with van der Waals surface area (Å²) >= 11 is 0. The minimum atomic E-state index is -2.19. The first-order valence-electron chi connectivity index (χ1n) is 17.5. The maximum atomic E-state index is 13.6. The molecular formula is C35H71NO5Si. The molecule has 1 aliphatic heterocycles. The molecule has 0 spiro atoms. The lowest BCUT2D eigenvalue weighted by Crippen LogP contribution is -2.56. The van der Waals surface area contributed by atoms with E-state index in [9.17, 15) is 9.90 Å². The van der Waals surface area contributed by atoms with Gasteiger partial charge in [0.25, 0.3) is 0 Å². The summed E-state index contributed by atoms with van der Waals surface area (Å²) < 4.78 is 19.3. The third-order valence-electron chi connectivity index (χ3n) is 9.25. The predicted octanol–water partition coefficient (Wildman–Crippen LogP) is 10.4. The Kier molecular flexibility index (Phi) is 17.2. The minimum Gasteiger partial charge on any atom is -0.444 e. The maximum Gasteiger partial charge on any atom is 0.412 e. The lowest BCUT2D eigenvalue weighted by Gasteiger charge is -2.44. The van der Waals surface area contributed by atoms with E-state index in [1.54, 1.807) is 4.90 Å². The topological polar surface area (TPSA) is 68.2 Å². The molecule has 1 heterocycles. The van der Waals surface area contributed by atoms with Crippen molar-refractivity contribution in [3.05, 3.63) is 0 Å². The summed E-state index contributed by atoms with van der Waals surface area (Å²) in [4.78, 5) is 15.3. The number of aliphatic hydroxyl groups excluding tert-OH is 1. The fourth-order valence-electron chi connectivity index (χ4n) is 7.27. The van der Waals surface area contributed by atoms with E-state index in [4.69, 9.17) is 13.9 Å². The Bertz CT molecular complexity index is 726. The van der Waals surface area contributed by atoms with E-state index in [2.05, 4.69) is 48.5 Å². The highest BCUT2D eigenvalue weighted by molar-refractivity contribution is 6.77. The molecule has 0 aromatic carbocycles. The molecule has 1 amide bonds. The van der Waals surface area contributed by atoms with Crippen molar-refractivity contribution < 1.29 is 23.8 Å². The number of carbonyl (C=O) groups excluding carboxylic acids is 1. The van der Waals surface area contributed by atoms with Gasteiger partial charge in [0.2, 0.25) is 0 Å². The van der Waals surface area contributed by atoms with Crippen LogP contribution >= 0.6 is 0 Å². The minimum absolute atomic E-state index is 0.351. The Morgan fingerprint density at radius 2 is 1.26 bits per heavy atom. The van der Waals surface area contributed by atoms with Gasteiger partial charge < -0.3 is 19.0 Å². The Labute approximate surface area is 262 Å². The van der Waals surface area contributed by atoms with E-state index in [-0.39, 0.29) is 0 Å². The molecular weight excluding hydrogens is 542 g/mol. The van der Waals surface area contributed by atoms with Gasteiger partial charge in [0.15, 0.2) is 8.32 Å². The number of aliphatic hydroxyl groups is 1. The molecule has 0 saturated carbocycles. The number of ether oxygens (including phenoxy) is 2. The second-order valence-corrected chi connectivity index (χ2v) is 20.8. The molecule has 3 atom stereocenters. The molecule has 1 fully saturated rings. The molecule has 0 aromatic rings. The zero-order valence-corrected chi connectivity index (χ0v) is 30.9. The molecule has 0 unspecified atom stereocenters. The van der Waals surface area contributed by atoms with Crippen LogP contribution in [0.1, 0.15) is 167 Å². The molecule has 0 radical (unpaired) electrons. The monoisotopic (exact) mass is 614 g/mol. The van der Waals surface area contributed by atoms with Crippen LogP contribution in [0, 0.1) is 0 Å². The Morgan fingerprint density at radius 3 is 1.67 bits per heavy atom. The van der Waals surface area contributed by atoms with Crippen LogP contribution in [-0.4, -0.2) is 60.6 Å². The van der Waals surface area contributed by atoms with Gasteiger partial charge in [-0.15, -0.1) is 0 Å². The van der Waals surface area contributed by atoms with Crippen molar-refractivity contribution in [3.8, 4) is 0 Å². The maximum absolute atomic E-state index is 13.6. The van der Waals surface area contributed by atoms with Gasteiger partial charge in [-0.1, -0.05) is 126 Å². The lowest BCUT2D eigenvalue weighted by atomic mass is 9.99. The summed E-state index contributed by atoms with van der Waals surface area (Å²) in [5.41, 5.74) is -0.265. The highest BCUT2D eigenvalue weighted by Gasteiger charge is 2.55. The molecule has 0 aliphatic carbocycles. The summed E-state index contributed by atoms with van der Waals surface area (Å²) in [6, 6.07) is -0.412. The third kappa shape index (κ3) is 12.0. The van der Waals surface area contributed by atoms with Gasteiger partial charge >= 0.3 is 6.09 Å². The van der Waals surface area contributed by atoms with Crippen LogP contribution in [0.25, 0.3) is 0 Å². The molecule has 1 aliphatic rings. The number of amides is 1. The first-order valence-corrected chi connectivity index (χ1v) is 19.7. The number of unbranched alkanes of at least 4 members (excludes halogenated alkanes) is 11. The van der Waals surface area contributed by atoms with Crippen LogP contribution in [-0.2, 0) is 13.9 Å². The van der Waals surface area contributed by atoms with Crippen molar-refractivity contribution >= 4 is 14.4 Å². The fraction of sp³-hybridized carbons (Fsp3) is 0.971. The quantitative estimate of drug-likeness (QED) is 0.109. The normalized spacial score (nSPS) is 20.2. The van der Waals surface area contributed by atoms with Crippen LogP contribution < -0.4 is 0 Å². The van der Waals surface area contributed by atoms with Crippen LogP contribution in [0.3, 0.4) is 0 Å². The van der Waals surface area contributed by atoms with E-state index in [0.717, 1.165) is 12.8 Å². The molecule has 250 valence electrons.